The lowest BCUT2D eigenvalue weighted by Gasteiger charge is -2.10. The van der Waals surface area contributed by atoms with E-state index in [4.69, 9.17) is 9.47 Å². The summed E-state index contributed by atoms with van der Waals surface area (Å²) in [6, 6.07) is 7.01. The van der Waals surface area contributed by atoms with E-state index in [1.807, 2.05) is 6.07 Å². The maximum Gasteiger partial charge on any atom is 0.341 e. The lowest BCUT2D eigenvalue weighted by atomic mass is 10.2. The molecule has 2 heterocycles. The van der Waals surface area contributed by atoms with E-state index in [1.54, 1.807) is 29.5 Å². The van der Waals surface area contributed by atoms with Crippen molar-refractivity contribution in [3.05, 3.63) is 46.6 Å². The summed E-state index contributed by atoms with van der Waals surface area (Å²) < 4.78 is 10.8. The maximum absolute atomic E-state index is 11.9. The Hall–Kier alpha value is -2.47. The van der Waals surface area contributed by atoms with E-state index in [0.29, 0.717) is 17.2 Å². The molecule has 0 unspecified atom stereocenters. The van der Waals surface area contributed by atoms with Crippen LogP contribution < -0.4 is 4.74 Å². The predicted octanol–water partition coefficient (Wildman–Crippen LogP) is 3.76. The van der Waals surface area contributed by atoms with Crippen molar-refractivity contribution in [1.82, 2.24) is 9.97 Å². The largest absolute Gasteiger partial charge is 0.465 e. The summed E-state index contributed by atoms with van der Waals surface area (Å²) in [7, 11) is 1.35. The monoisotopic (exact) mass is 326 g/mol. The van der Waals surface area contributed by atoms with Gasteiger partial charge in [0, 0.05) is 4.88 Å². The van der Waals surface area contributed by atoms with Gasteiger partial charge in [0.1, 0.15) is 22.5 Å². The first-order valence-corrected chi connectivity index (χ1v) is 8.20. The molecule has 1 aliphatic carbocycles. The number of benzene rings is 1. The van der Waals surface area contributed by atoms with Crippen molar-refractivity contribution in [2.75, 3.05) is 7.11 Å². The molecular weight excluding hydrogens is 312 g/mol. The van der Waals surface area contributed by atoms with E-state index in [9.17, 15) is 4.79 Å². The highest BCUT2D eigenvalue weighted by Crippen LogP contribution is 2.41. The van der Waals surface area contributed by atoms with E-state index < -0.39 is 5.97 Å². The Balaban J connectivity index is 1.81. The zero-order valence-corrected chi connectivity index (χ0v) is 13.4. The molecule has 0 bridgehead atoms. The third-order valence-electron chi connectivity index (χ3n) is 3.97. The number of rotatable bonds is 3. The van der Waals surface area contributed by atoms with E-state index in [-0.39, 0.29) is 0 Å². The van der Waals surface area contributed by atoms with Crippen LogP contribution in [0, 0.1) is 0 Å². The van der Waals surface area contributed by atoms with Crippen molar-refractivity contribution in [3.8, 4) is 11.6 Å². The fourth-order valence-corrected chi connectivity index (χ4v) is 4.13. The second kappa shape index (κ2) is 5.62. The van der Waals surface area contributed by atoms with Crippen LogP contribution >= 0.6 is 11.3 Å². The van der Waals surface area contributed by atoms with Crippen molar-refractivity contribution in [1.29, 1.82) is 0 Å². The Bertz CT molecular complexity index is 904. The molecule has 0 atom stereocenters. The van der Waals surface area contributed by atoms with Gasteiger partial charge in [-0.3, -0.25) is 0 Å². The van der Waals surface area contributed by atoms with Gasteiger partial charge >= 0.3 is 5.97 Å². The molecule has 0 saturated carbocycles. The van der Waals surface area contributed by atoms with E-state index >= 15 is 0 Å². The van der Waals surface area contributed by atoms with Crippen LogP contribution in [0.4, 0.5) is 0 Å². The average molecular weight is 326 g/mol. The van der Waals surface area contributed by atoms with Crippen LogP contribution in [0.5, 0.6) is 11.6 Å². The second-order valence-electron chi connectivity index (χ2n) is 5.31. The highest BCUT2D eigenvalue weighted by molar-refractivity contribution is 7.18. The Morgan fingerprint density at radius 1 is 1.22 bits per heavy atom. The first-order valence-electron chi connectivity index (χ1n) is 7.38. The normalized spacial score (nSPS) is 13.1. The molecule has 23 heavy (non-hydrogen) atoms. The fourth-order valence-electron chi connectivity index (χ4n) is 2.92. The van der Waals surface area contributed by atoms with Crippen LogP contribution in [-0.4, -0.2) is 23.0 Å². The molecule has 0 fully saturated rings. The summed E-state index contributed by atoms with van der Waals surface area (Å²) in [5, 5.41) is 0.977. The van der Waals surface area contributed by atoms with Crippen LogP contribution in [0.15, 0.2) is 30.6 Å². The number of hydrogen-bond acceptors (Lipinski definition) is 6. The molecule has 6 heteroatoms. The number of aromatic nitrogens is 2. The molecule has 5 nitrogen and oxygen atoms in total. The average Bonchev–Trinajstić information content (AvgIpc) is 3.15. The number of nitrogens with zero attached hydrogens (tertiary/aromatic N) is 2. The fraction of sp³-hybridized carbons (Fsp3) is 0.235. The van der Waals surface area contributed by atoms with Gasteiger partial charge in [0.2, 0.25) is 5.88 Å². The van der Waals surface area contributed by atoms with Crippen molar-refractivity contribution < 1.29 is 14.3 Å². The van der Waals surface area contributed by atoms with Crippen LogP contribution in [-0.2, 0) is 17.6 Å². The first kappa shape index (κ1) is 14.1. The third kappa shape index (κ3) is 2.35. The van der Waals surface area contributed by atoms with Gasteiger partial charge < -0.3 is 9.47 Å². The molecule has 1 aromatic carbocycles. The number of thiophene rings is 1. The molecule has 0 N–H and O–H groups in total. The van der Waals surface area contributed by atoms with Gasteiger partial charge in [-0.05, 0) is 37.0 Å². The molecular formula is C17H14N2O3S. The lowest BCUT2D eigenvalue weighted by molar-refractivity contribution is 0.0598. The van der Waals surface area contributed by atoms with Gasteiger partial charge in [-0.2, -0.15) is 0 Å². The highest BCUT2D eigenvalue weighted by atomic mass is 32.1. The molecule has 0 spiro atoms. The smallest absolute Gasteiger partial charge is 0.341 e. The van der Waals surface area contributed by atoms with E-state index in [1.165, 1.54) is 23.9 Å². The minimum absolute atomic E-state index is 0.383. The Morgan fingerprint density at radius 3 is 2.96 bits per heavy atom. The van der Waals surface area contributed by atoms with Gasteiger partial charge in [-0.1, -0.05) is 12.1 Å². The number of aryl methyl sites for hydroxylation is 2. The summed E-state index contributed by atoms with van der Waals surface area (Å²) in [6.07, 6.45) is 4.78. The number of hydrogen-bond donors (Lipinski definition) is 0. The zero-order valence-electron chi connectivity index (χ0n) is 12.5. The predicted molar refractivity (Wildman–Crippen MR) is 87.3 cm³/mol. The number of carbonyl (C=O) groups excluding carboxylic acids is 1. The molecule has 116 valence electrons. The summed E-state index contributed by atoms with van der Waals surface area (Å²) in [4.78, 5) is 22.9. The quantitative estimate of drug-likeness (QED) is 0.686. The molecule has 0 saturated heterocycles. The van der Waals surface area contributed by atoms with Crippen LogP contribution in [0.1, 0.15) is 27.2 Å². The standard InChI is InChI=1S/C17H14N2O3S/c1-21-17(20)10-5-2-3-7-12(10)22-15-14-11-6-4-8-13(11)23-16(14)19-9-18-15/h2-3,5,7,9H,4,6,8H2,1H3. The number of carbonyl (C=O) groups is 1. The molecule has 3 aromatic rings. The molecule has 0 amide bonds. The van der Waals surface area contributed by atoms with Gasteiger partial charge in [0.15, 0.2) is 0 Å². The molecule has 0 aliphatic heterocycles. The Labute approximate surface area is 136 Å². The highest BCUT2D eigenvalue weighted by Gasteiger charge is 2.23. The maximum atomic E-state index is 11.9. The van der Waals surface area contributed by atoms with Crippen molar-refractivity contribution in [2.45, 2.75) is 19.3 Å². The summed E-state index contributed by atoms with van der Waals surface area (Å²) in [6.45, 7) is 0. The number of ether oxygens (including phenoxy) is 2. The number of fused-ring (bicyclic) bond motifs is 3. The van der Waals surface area contributed by atoms with Crippen LogP contribution in [0.3, 0.4) is 0 Å². The van der Waals surface area contributed by atoms with Crippen LogP contribution in [0.2, 0.25) is 0 Å². The van der Waals surface area contributed by atoms with Crippen molar-refractivity contribution in [3.63, 3.8) is 0 Å². The van der Waals surface area contributed by atoms with Gasteiger partial charge in [0.25, 0.3) is 0 Å². The van der Waals surface area contributed by atoms with Gasteiger partial charge in [-0.25, -0.2) is 14.8 Å². The topological polar surface area (TPSA) is 61.3 Å². The van der Waals surface area contributed by atoms with Gasteiger partial charge in [0.05, 0.1) is 12.5 Å². The molecule has 0 radical (unpaired) electrons. The molecule has 1 aliphatic rings. The molecule has 2 aromatic heterocycles. The minimum Gasteiger partial charge on any atom is -0.465 e. The van der Waals surface area contributed by atoms with Gasteiger partial charge in [-0.15, -0.1) is 11.3 Å². The number of methoxy groups -OCH3 is 1. The molecule has 4 rings (SSSR count). The third-order valence-corrected chi connectivity index (χ3v) is 5.17. The van der Waals surface area contributed by atoms with Crippen LogP contribution in [0.25, 0.3) is 10.2 Å². The number of para-hydroxylation sites is 1. The summed E-state index contributed by atoms with van der Waals surface area (Å²) in [5.74, 6) is 0.518. The van der Waals surface area contributed by atoms with Crippen molar-refractivity contribution >= 4 is 27.5 Å². The van der Waals surface area contributed by atoms with Crippen molar-refractivity contribution in [2.24, 2.45) is 0 Å². The summed E-state index contributed by atoms with van der Waals surface area (Å²) in [5.41, 5.74) is 1.67. The number of esters is 1. The lowest BCUT2D eigenvalue weighted by Crippen LogP contribution is -2.04. The SMILES string of the molecule is COC(=O)c1ccccc1Oc1ncnc2sc3c(c12)CCC3. The Kier molecular flexibility index (Phi) is 3.46. The Morgan fingerprint density at radius 2 is 2.09 bits per heavy atom. The summed E-state index contributed by atoms with van der Waals surface area (Å²) >= 11 is 1.70. The zero-order chi connectivity index (χ0) is 15.8. The van der Waals surface area contributed by atoms with E-state index in [2.05, 4.69) is 9.97 Å². The minimum atomic E-state index is -0.429. The van der Waals surface area contributed by atoms with E-state index in [0.717, 1.165) is 29.5 Å². The first-order chi connectivity index (χ1) is 11.3. The second-order valence-corrected chi connectivity index (χ2v) is 6.39.